The largest absolute Gasteiger partial charge is 0.493 e. The van der Waals surface area contributed by atoms with Crippen LogP contribution in [0.15, 0.2) is 24.5 Å². The van der Waals surface area contributed by atoms with Crippen LogP contribution in [0.3, 0.4) is 0 Å². The van der Waals surface area contributed by atoms with Crippen LogP contribution in [0.5, 0.6) is 5.75 Å². The second kappa shape index (κ2) is 5.22. The van der Waals surface area contributed by atoms with Gasteiger partial charge in [0.2, 0.25) is 5.78 Å². The Balaban J connectivity index is 2.55. The quantitative estimate of drug-likeness (QED) is 0.791. The molecule has 19 heavy (non-hydrogen) atoms. The third kappa shape index (κ3) is 2.36. The molecule has 0 amide bonds. The van der Waals surface area contributed by atoms with Crippen LogP contribution in [0.1, 0.15) is 41.6 Å². The maximum atomic E-state index is 12.7. The summed E-state index contributed by atoms with van der Waals surface area (Å²) in [5.74, 6) is 0.371. The zero-order valence-corrected chi connectivity index (χ0v) is 11.5. The summed E-state index contributed by atoms with van der Waals surface area (Å²) in [5, 5.41) is 4.21. The average Bonchev–Trinajstić information content (AvgIpc) is 2.82. The molecule has 5 heteroatoms. The van der Waals surface area contributed by atoms with Crippen molar-refractivity contribution >= 4 is 5.78 Å². The van der Waals surface area contributed by atoms with Crippen molar-refractivity contribution < 1.29 is 9.53 Å². The van der Waals surface area contributed by atoms with Crippen molar-refractivity contribution in [2.45, 2.75) is 26.8 Å². The fourth-order valence-corrected chi connectivity index (χ4v) is 1.96. The van der Waals surface area contributed by atoms with Crippen LogP contribution in [0, 0.1) is 6.92 Å². The highest BCUT2D eigenvalue weighted by Crippen LogP contribution is 2.24. The van der Waals surface area contributed by atoms with Crippen molar-refractivity contribution in [1.82, 2.24) is 14.8 Å². The predicted octanol–water partition coefficient (Wildman–Crippen LogP) is 2.41. The third-order valence-electron chi connectivity index (χ3n) is 2.94. The third-order valence-corrected chi connectivity index (χ3v) is 2.94. The smallest absolute Gasteiger partial charge is 0.216 e. The Labute approximate surface area is 112 Å². The lowest BCUT2D eigenvalue weighted by molar-refractivity contribution is 0.102. The molecule has 100 valence electrons. The molecular weight excluding hydrogens is 242 g/mol. The van der Waals surface area contributed by atoms with Crippen LogP contribution in [0.2, 0.25) is 0 Å². The molecule has 0 saturated carbocycles. The van der Waals surface area contributed by atoms with Gasteiger partial charge in [0.05, 0.1) is 13.3 Å². The van der Waals surface area contributed by atoms with Gasteiger partial charge in [-0.1, -0.05) is 0 Å². The number of aromatic nitrogens is 3. The topological polar surface area (TPSA) is 57.0 Å². The maximum absolute atomic E-state index is 12.7. The van der Waals surface area contributed by atoms with Gasteiger partial charge in [0.15, 0.2) is 11.4 Å². The molecule has 0 N–H and O–H groups in total. The number of carbonyl (C=O) groups excluding carboxylic acids is 1. The molecule has 0 fully saturated rings. The molecule has 2 aromatic rings. The van der Waals surface area contributed by atoms with Gasteiger partial charge < -0.3 is 4.74 Å². The molecule has 0 unspecified atom stereocenters. The van der Waals surface area contributed by atoms with Crippen molar-refractivity contribution in [1.29, 1.82) is 0 Å². The number of nitrogens with zero attached hydrogens (tertiary/aromatic N) is 3. The Morgan fingerprint density at radius 2 is 2.16 bits per heavy atom. The maximum Gasteiger partial charge on any atom is 0.216 e. The Bertz CT molecular complexity index is 602. The summed E-state index contributed by atoms with van der Waals surface area (Å²) in [5.41, 5.74) is 1.74. The first-order chi connectivity index (χ1) is 9.06. The summed E-state index contributed by atoms with van der Waals surface area (Å²) in [6.07, 6.45) is 3.24. The molecule has 2 aromatic heterocycles. The van der Waals surface area contributed by atoms with E-state index in [0.29, 0.717) is 22.7 Å². The molecule has 5 nitrogen and oxygen atoms in total. The summed E-state index contributed by atoms with van der Waals surface area (Å²) in [4.78, 5) is 16.8. The predicted molar refractivity (Wildman–Crippen MR) is 71.6 cm³/mol. The van der Waals surface area contributed by atoms with Gasteiger partial charge in [0.1, 0.15) is 0 Å². The van der Waals surface area contributed by atoms with Crippen molar-refractivity contribution in [3.05, 3.63) is 41.5 Å². The minimum absolute atomic E-state index is 0.0832. The minimum Gasteiger partial charge on any atom is -0.493 e. The van der Waals surface area contributed by atoms with E-state index in [1.807, 2.05) is 20.8 Å². The number of hydrogen-bond donors (Lipinski definition) is 0. The van der Waals surface area contributed by atoms with E-state index >= 15 is 0 Å². The lowest BCUT2D eigenvalue weighted by Gasteiger charge is -2.12. The Morgan fingerprint density at radius 3 is 2.74 bits per heavy atom. The van der Waals surface area contributed by atoms with Crippen molar-refractivity contribution in [3.8, 4) is 5.75 Å². The minimum atomic E-state index is -0.117. The van der Waals surface area contributed by atoms with Gasteiger partial charge in [-0.15, -0.1) is 0 Å². The Morgan fingerprint density at radius 1 is 1.42 bits per heavy atom. The Kier molecular flexibility index (Phi) is 3.64. The number of ether oxygens (including phenoxy) is 1. The molecule has 0 saturated heterocycles. The van der Waals surface area contributed by atoms with Crippen LogP contribution in [0.25, 0.3) is 0 Å². The highest BCUT2D eigenvalue weighted by Gasteiger charge is 2.23. The van der Waals surface area contributed by atoms with Crippen molar-refractivity contribution in [2.75, 3.05) is 7.11 Å². The SMILES string of the molecule is COc1cnn(C(C)C)c1C(=O)c1cccnc1C. The van der Waals surface area contributed by atoms with Gasteiger partial charge in [0.25, 0.3) is 0 Å². The highest BCUT2D eigenvalue weighted by atomic mass is 16.5. The number of methoxy groups -OCH3 is 1. The molecule has 0 aromatic carbocycles. The molecule has 2 rings (SSSR count). The number of aryl methyl sites for hydroxylation is 1. The molecule has 0 atom stereocenters. The molecule has 2 heterocycles. The van der Waals surface area contributed by atoms with Crippen LogP contribution < -0.4 is 4.74 Å². The van der Waals surface area contributed by atoms with Gasteiger partial charge in [-0.05, 0) is 32.9 Å². The molecule has 0 spiro atoms. The summed E-state index contributed by atoms with van der Waals surface area (Å²) >= 11 is 0. The number of hydrogen-bond acceptors (Lipinski definition) is 4. The second-order valence-electron chi connectivity index (χ2n) is 4.57. The van der Waals surface area contributed by atoms with E-state index in [1.165, 1.54) is 7.11 Å². The van der Waals surface area contributed by atoms with Crippen LogP contribution >= 0.6 is 0 Å². The zero-order valence-electron chi connectivity index (χ0n) is 11.5. The first-order valence-corrected chi connectivity index (χ1v) is 6.14. The summed E-state index contributed by atoms with van der Waals surface area (Å²) in [6, 6.07) is 3.60. The average molecular weight is 259 g/mol. The first kappa shape index (κ1) is 13.3. The zero-order chi connectivity index (χ0) is 14.0. The van der Waals surface area contributed by atoms with E-state index in [-0.39, 0.29) is 11.8 Å². The van der Waals surface area contributed by atoms with Gasteiger partial charge in [-0.2, -0.15) is 5.10 Å². The van der Waals surface area contributed by atoms with Gasteiger partial charge in [-0.3, -0.25) is 14.5 Å². The molecule has 0 radical (unpaired) electrons. The van der Waals surface area contributed by atoms with Crippen LogP contribution in [-0.2, 0) is 0 Å². The summed E-state index contributed by atoms with van der Waals surface area (Å²) < 4.78 is 6.91. The first-order valence-electron chi connectivity index (χ1n) is 6.14. The summed E-state index contributed by atoms with van der Waals surface area (Å²) in [7, 11) is 1.54. The molecule has 0 aliphatic carbocycles. The lowest BCUT2D eigenvalue weighted by atomic mass is 10.1. The number of rotatable bonds is 4. The standard InChI is InChI=1S/C14H17N3O2/c1-9(2)17-13(12(19-4)8-16-17)14(18)11-6-5-7-15-10(11)3/h5-9H,1-4H3. The van der Waals surface area contributed by atoms with Gasteiger partial charge in [-0.25, -0.2) is 0 Å². The van der Waals surface area contributed by atoms with E-state index in [4.69, 9.17) is 4.74 Å². The van der Waals surface area contributed by atoms with Crippen molar-refractivity contribution in [3.63, 3.8) is 0 Å². The van der Waals surface area contributed by atoms with Gasteiger partial charge >= 0.3 is 0 Å². The highest BCUT2D eigenvalue weighted by molar-refractivity contribution is 6.10. The fourth-order valence-electron chi connectivity index (χ4n) is 1.96. The summed E-state index contributed by atoms with van der Waals surface area (Å²) in [6.45, 7) is 5.76. The van der Waals surface area contributed by atoms with E-state index in [0.717, 1.165) is 0 Å². The van der Waals surface area contributed by atoms with E-state index in [2.05, 4.69) is 10.1 Å². The second-order valence-corrected chi connectivity index (χ2v) is 4.57. The monoisotopic (exact) mass is 259 g/mol. The van der Waals surface area contributed by atoms with Crippen molar-refractivity contribution in [2.24, 2.45) is 0 Å². The van der Waals surface area contributed by atoms with Crippen LogP contribution in [0.4, 0.5) is 0 Å². The number of pyridine rings is 1. The lowest BCUT2D eigenvalue weighted by Crippen LogP contribution is -2.15. The van der Waals surface area contributed by atoms with Gasteiger partial charge in [0, 0.05) is 23.5 Å². The molecule has 0 aliphatic heterocycles. The van der Waals surface area contributed by atoms with Crippen LogP contribution in [-0.4, -0.2) is 27.7 Å². The number of ketones is 1. The molecular formula is C14H17N3O2. The van der Waals surface area contributed by atoms with E-state index < -0.39 is 0 Å². The normalized spacial score (nSPS) is 10.8. The molecule has 0 bridgehead atoms. The molecule has 0 aliphatic rings. The Hall–Kier alpha value is -2.17. The van der Waals surface area contributed by atoms with E-state index in [9.17, 15) is 4.79 Å². The van der Waals surface area contributed by atoms with E-state index in [1.54, 1.807) is 29.2 Å². The number of carbonyl (C=O) groups is 1. The fraction of sp³-hybridized carbons (Fsp3) is 0.357.